The van der Waals surface area contributed by atoms with Crippen LogP contribution < -0.4 is 10.9 Å². The molecule has 9 heteroatoms. The predicted octanol–water partition coefficient (Wildman–Crippen LogP) is 0.993. The fraction of sp³-hybridized carbons (Fsp3) is 0.133. The third kappa shape index (κ3) is 3.35. The SMILES string of the molecule is Cc1noc(CNC(=O)c2ccc(=O)n(-c3ccc(F)cc3)n2)n1. The van der Waals surface area contributed by atoms with E-state index in [0.717, 1.165) is 4.68 Å². The summed E-state index contributed by atoms with van der Waals surface area (Å²) < 4.78 is 18.9. The van der Waals surface area contributed by atoms with Gasteiger partial charge in [-0.15, -0.1) is 0 Å². The summed E-state index contributed by atoms with van der Waals surface area (Å²) in [7, 11) is 0. The van der Waals surface area contributed by atoms with Gasteiger partial charge in [0.2, 0.25) is 5.89 Å². The van der Waals surface area contributed by atoms with E-state index in [0.29, 0.717) is 11.5 Å². The molecule has 122 valence electrons. The largest absolute Gasteiger partial charge is 0.342 e. The lowest BCUT2D eigenvalue weighted by Crippen LogP contribution is -2.28. The number of carbonyl (C=O) groups excluding carboxylic acids is 1. The summed E-state index contributed by atoms with van der Waals surface area (Å²) in [6.45, 7) is 1.70. The Morgan fingerprint density at radius 2 is 2.00 bits per heavy atom. The highest BCUT2D eigenvalue weighted by molar-refractivity contribution is 5.91. The lowest BCUT2D eigenvalue weighted by atomic mass is 10.3. The molecule has 1 aromatic carbocycles. The number of carbonyl (C=O) groups is 1. The van der Waals surface area contributed by atoms with Crippen molar-refractivity contribution >= 4 is 5.91 Å². The third-order valence-corrected chi connectivity index (χ3v) is 3.07. The topological polar surface area (TPSA) is 103 Å². The number of nitrogens with zero attached hydrogens (tertiary/aromatic N) is 4. The third-order valence-electron chi connectivity index (χ3n) is 3.07. The van der Waals surface area contributed by atoms with Crippen molar-refractivity contribution in [1.29, 1.82) is 0 Å². The minimum atomic E-state index is -0.512. The van der Waals surface area contributed by atoms with Gasteiger partial charge >= 0.3 is 0 Å². The van der Waals surface area contributed by atoms with Crippen LogP contribution in [0.3, 0.4) is 0 Å². The first-order valence-corrected chi connectivity index (χ1v) is 6.96. The van der Waals surface area contributed by atoms with Gasteiger partial charge in [0.05, 0.1) is 12.2 Å². The summed E-state index contributed by atoms with van der Waals surface area (Å²) >= 11 is 0. The normalized spacial score (nSPS) is 10.6. The fourth-order valence-electron chi connectivity index (χ4n) is 1.96. The van der Waals surface area contributed by atoms with Crippen molar-refractivity contribution in [3.05, 3.63) is 70.0 Å². The number of nitrogens with one attached hydrogen (secondary N) is 1. The molecule has 0 saturated carbocycles. The van der Waals surface area contributed by atoms with Crippen molar-refractivity contribution in [3.8, 4) is 5.69 Å². The van der Waals surface area contributed by atoms with Gasteiger partial charge in [-0.1, -0.05) is 5.16 Å². The Bertz CT molecular complexity index is 933. The number of rotatable bonds is 4. The summed E-state index contributed by atoms with van der Waals surface area (Å²) in [5.74, 6) is -0.229. The van der Waals surface area contributed by atoms with Crippen LogP contribution in [0.1, 0.15) is 22.2 Å². The maximum atomic E-state index is 13.0. The van der Waals surface area contributed by atoms with Gasteiger partial charge in [0.25, 0.3) is 11.5 Å². The van der Waals surface area contributed by atoms with Crippen LogP contribution in [0.2, 0.25) is 0 Å². The molecule has 1 N–H and O–H groups in total. The second kappa shape index (κ2) is 6.41. The molecule has 8 nitrogen and oxygen atoms in total. The summed E-state index contributed by atoms with van der Waals surface area (Å²) in [5.41, 5.74) is -0.0653. The van der Waals surface area contributed by atoms with Gasteiger partial charge in [-0.25, -0.2) is 4.39 Å². The molecule has 0 aliphatic carbocycles. The Kier molecular flexibility index (Phi) is 4.15. The first-order chi connectivity index (χ1) is 11.5. The molecule has 3 rings (SSSR count). The minimum absolute atomic E-state index is 0.0233. The number of amides is 1. The predicted molar refractivity (Wildman–Crippen MR) is 80.0 cm³/mol. The molecule has 0 spiro atoms. The zero-order chi connectivity index (χ0) is 17.1. The molecular weight excluding hydrogens is 317 g/mol. The van der Waals surface area contributed by atoms with Crippen molar-refractivity contribution in [2.75, 3.05) is 0 Å². The van der Waals surface area contributed by atoms with E-state index in [-0.39, 0.29) is 18.1 Å². The molecular formula is C15H12FN5O3. The van der Waals surface area contributed by atoms with Crippen molar-refractivity contribution in [2.24, 2.45) is 0 Å². The highest BCUT2D eigenvalue weighted by Crippen LogP contribution is 2.06. The number of halogens is 1. The molecule has 1 amide bonds. The molecule has 24 heavy (non-hydrogen) atoms. The van der Waals surface area contributed by atoms with E-state index in [1.165, 1.54) is 36.4 Å². The maximum absolute atomic E-state index is 13.0. The minimum Gasteiger partial charge on any atom is -0.342 e. The number of hydrogen-bond acceptors (Lipinski definition) is 6. The first kappa shape index (κ1) is 15.5. The fourth-order valence-corrected chi connectivity index (χ4v) is 1.96. The Morgan fingerprint density at radius 3 is 2.67 bits per heavy atom. The Labute approximate surface area is 134 Å². The van der Waals surface area contributed by atoms with Crippen molar-refractivity contribution in [2.45, 2.75) is 13.5 Å². The van der Waals surface area contributed by atoms with E-state index >= 15 is 0 Å². The highest BCUT2D eigenvalue weighted by Gasteiger charge is 2.12. The van der Waals surface area contributed by atoms with Gasteiger partial charge < -0.3 is 9.84 Å². The van der Waals surface area contributed by atoms with E-state index in [4.69, 9.17) is 4.52 Å². The van der Waals surface area contributed by atoms with Crippen LogP contribution in [0.25, 0.3) is 5.69 Å². The average molecular weight is 329 g/mol. The van der Waals surface area contributed by atoms with Crippen LogP contribution in [0.15, 0.2) is 45.7 Å². The summed E-state index contributed by atoms with van der Waals surface area (Å²) in [4.78, 5) is 28.0. The first-order valence-electron chi connectivity index (χ1n) is 6.96. The molecule has 0 atom stereocenters. The second-order valence-electron chi connectivity index (χ2n) is 4.86. The zero-order valence-corrected chi connectivity index (χ0v) is 12.6. The van der Waals surface area contributed by atoms with Gasteiger partial charge in [0.15, 0.2) is 5.82 Å². The van der Waals surface area contributed by atoms with Crippen LogP contribution in [0, 0.1) is 12.7 Å². The molecule has 0 aliphatic rings. The van der Waals surface area contributed by atoms with Crippen molar-refractivity contribution < 1.29 is 13.7 Å². The number of aromatic nitrogens is 4. The van der Waals surface area contributed by atoms with Crippen LogP contribution in [-0.2, 0) is 6.54 Å². The Morgan fingerprint density at radius 1 is 1.25 bits per heavy atom. The summed E-state index contributed by atoms with van der Waals surface area (Å²) in [6, 6.07) is 7.71. The van der Waals surface area contributed by atoms with Crippen LogP contribution in [0.5, 0.6) is 0 Å². The number of benzene rings is 1. The molecule has 0 saturated heterocycles. The summed E-state index contributed by atoms with van der Waals surface area (Å²) in [6.07, 6.45) is 0. The molecule has 0 unspecified atom stereocenters. The van der Waals surface area contributed by atoms with E-state index in [1.54, 1.807) is 6.92 Å². The Hall–Kier alpha value is -3.36. The van der Waals surface area contributed by atoms with Crippen molar-refractivity contribution in [1.82, 2.24) is 25.2 Å². The van der Waals surface area contributed by atoms with Gasteiger partial charge in [-0.2, -0.15) is 14.8 Å². The maximum Gasteiger partial charge on any atom is 0.272 e. The van der Waals surface area contributed by atoms with Gasteiger partial charge in [-0.05, 0) is 37.3 Å². The van der Waals surface area contributed by atoms with E-state index in [1.807, 2.05) is 0 Å². The molecule has 0 aliphatic heterocycles. The highest BCUT2D eigenvalue weighted by atomic mass is 19.1. The van der Waals surface area contributed by atoms with Gasteiger partial charge in [-0.3, -0.25) is 9.59 Å². The second-order valence-corrected chi connectivity index (χ2v) is 4.86. The molecule has 0 fully saturated rings. The molecule has 0 bridgehead atoms. The van der Waals surface area contributed by atoms with Crippen LogP contribution in [0.4, 0.5) is 4.39 Å². The lowest BCUT2D eigenvalue weighted by Gasteiger charge is -2.07. The van der Waals surface area contributed by atoms with Crippen molar-refractivity contribution in [3.63, 3.8) is 0 Å². The standard InChI is InChI=1S/C15H12FN5O3/c1-9-18-13(24-20-9)8-17-15(23)12-6-7-14(22)21(19-12)11-4-2-10(16)3-5-11/h2-7H,8H2,1H3,(H,17,23). The Balaban J connectivity index is 1.81. The van der Waals surface area contributed by atoms with Crippen LogP contribution in [-0.4, -0.2) is 25.8 Å². The molecule has 2 aromatic heterocycles. The zero-order valence-electron chi connectivity index (χ0n) is 12.6. The average Bonchev–Trinajstić information content (AvgIpc) is 2.99. The number of hydrogen-bond donors (Lipinski definition) is 1. The van der Waals surface area contributed by atoms with Gasteiger partial charge in [0.1, 0.15) is 11.5 Å². The van der Waals surface area contributed by atoms with Gasteiger partial charge in [0, 0.05) is 6.07 Å². The number of aryl methyl sites for hydroxylation is 1. The molecule has 0 radical (unpaired) electrons. The lowest BCUT2D eigenvalue weighted by molar-refractivity contribution is 0.0939. The monoisotopic (exact) mass is 329 g/mol. The molecule has 2 heterocycles. The van der Waals surface area contributed by atoms with E-state index in [9.17, 15) is 14.0 Å². The van der Waals surface area contributed by atoms with E-state index < -0.39 is 17.3 Å². The van der Waals surface area contributed by atoms with Crippen LogP contribution >= 0.6 is 0 Å². The summed E-state index contributed by atoms with van der Waals surface area (Å²) in [5, 5.41) is 10.2. The smallest absolute Gasteiger partial charge is 0.272 e. The van der Waals surface area contributed by atoms with E-state index in [2.05, 4.69) is 20.6 Å². The molecule has 3 aromatic rings. The quantitative estimate of drug-likeness (QED) is 0.766.